The van der Waals surface area contributed by atoms with Crippen molar-refractivity contribution in [3.63, 3.8) is 0 Å². The van der Waals surface area contributed by atoms with E-state index in [1.54, 1.807) is 13.1 Å². The van der Waals surface area contributed by atoms with Gasteiger partial charge in [0.2, 0.25) is 0 Å². The van der Waals surface area contributed by atoms with E-state index in [-0.39, 0.29) is 18.0 Å². The van der Waals surface area contributed by atoms with Crippen molar-refractivity contribution in [2.24, 2.45) is 13.0 Å². The van der Waals surface area contributed by atoms with Crippen molar-refractivity contribution in [1.29, 1.82) is 0 Å². The number of aromatic nitrogens is 1. The highest BCUT2D eigenvalue weighted by Crippen LogP contribution is 2.18. The lowest BCUT2D eigenvalue weighted by atomic mass is 9.98. The van der Waals surface area contributed by atoms with E-state index >= 15 is 0 Å². The second-order valence-corrected chi connectivity index (χ2v) is 4.79. The van der Waals surface area contributed by atoms with E-state index in [4.69, 9.17) is 5.11 Å². The number of pyridine rings is 1. The van der Waals surface area contributed by atoms with Crippen molar-refractivity contribution >= 4 is 11.9 Å². The summed E-state index contributed by atoms with van der Waals surface area (Å²) < 4.78 is 1.38. The number of hydrogen-bond acceptors (Lipinski definition) is 3. The zero-order valence-electron chi connectivity index (χ0n) is 10.7. The molecule has 1 N–H and O–H groups in total. The molecule has 2 heterocycles. The van der Waals surface area contributed by atoms with Gasteiger partial charge in [-0.15, -0.1) is 0 Å². The monoisotopic (exact) mass is 264 g/mol. The lowest BCUT2D eigenvalue weighted by Crippen LogP contribution is -2.42. The molecule has 0 saturated carbocycles. The maximum absolute atomic E-state index is 12.2. The molecule has 1 saturated heterocycles. The van der Waals surface area contributed by atoms with Crippen LogP contribution < -0.4 is 5.56 Å². The fourth-order valence-electron chi connectivity index (χ4n) is 2.23. The largest absolute Gasteiger partial charge is 0.481 e. The summed E-state index contributed by atoms with van der Waals surface area (Å²) in [5, 5.41) is 9.00. The Balaban J connectivity index is 2.17. The highest BCUT2D eigenvalue weighted by atomic mass is 16.4. The van der Waals surface area contributed by atoms with Crippen molar-refractivity contribution in [2.75, 3.05) is 13.1 Å². The highest BCUT2D eigenvalue weighted by Gasteiger charge is 2.28. The standard InChI is InChI=1S/C13H16N2O4/c1-14-6-4-9(7-11(14)16)12(17)15-5-2-3-10(8-15)13(18)19/h4,6-7,10H,2-3,5,8H2,1H3,(H,18,19). The molecule has 1 aromatic rings. The first kappa shape index (κ1) is 13.3. The van der Waals surface area contributed by atoms with E-state index in [0.29, 0.717) is 24.9 Å². The first-order valence-corrected chi connectivity index (χ1v) is 6.18. The van der Waals surface area contributed by atoms with Gasteiger partial charge in [-0.2, -0.15) is 0 Å². The predicted octanol–water partition coefficient (Wildman–Crippen LogP) is 0.322. The number of carbonyl (C=O) groups excluding carboxylic acids is 1. The van der Waals surface area contributed by atoms with Gasteiger partial charge in [-0.3, -0.25) is 14.4 Å². The summed E-state index contributed by atoms with van der Waals surface area (Å²) in [6, 6.07) is 2.86. The predicted molar refractivity (Wildman–Crippen MR) is 67.9 cm³/mol. The lowest BCUT2D eigenvalue weighted by molar-refractivity contribution is -0.143. The van der Waals surface area contributed by atoms with Gasteiger partial charge in [-0.25, -0.2) is 0 Å². The number of piperidine rings is 1. The SMILES string of the molecule is Cn1ccc(C(=O)N2CCCC(C(=O)O)C2)cc1=O. The lowest BCUT2D eigenvalue weighted by Gasteiger charge is -2.30. The van der Waals surface area contributed by atoms with Gasteiger partial charge >= 0.3 is 5.97 Å². The van der Waals surface area contributed by atoms with E-state index in [1.165, 1.54) is 21.7 Å². The molecule has 1 unspecified atom stereocenters. The molecule has 19 heavy (non-hydrogen) atoms. The first-order chi connectivity index (χ1) is 8.99. The number of carbonyl (C=O) groups is 2. The van der Waals surface area contributed by atoms with Crippen LogP contribution in [0.4, 0.5) is 0 Å². The quantitative estimate of drug-likeness (QED) is 0.834. The van der Waals surface area contributed by atoms with E-state index in [1.807, 2.05) is 0 Å². The van der Waals surface area contributed by atoms with Crippen LogP contribution in [0.25, 0.3) is 0 Å². The molecule has 0 aliphatic carbocycles. The highest BCUT2D eigenvalue weighted by molar-refractivity contribution is 5.94. The van der Waals surface area contributed by atoms with Crippen LogP contribution >= 0.6 is 0 Å². The zero-order valence-corrected chi connectivity index (χ0v) is 10.7. The Morgan fingerprint density at radius 3 is 2.79 bits per heavy atom. The topological polar surface area (TPSA) is 79.6 Å². The number of carboxylic acids is 1. The third kappa shape index (κ3) is 2.83. The molecule has 0 radical (unpaired) electrons. The number of carboxylic acid groups (broad SMARTS) is 1. The van der Waals surface area contributed by atoms with Gasteiger partial charge < -0.3 is 14.6 Å². The Hall–Kier alpha value is -2.11. The second kappa shape index (κ2) is 5.26. The molecule has 0 spiro atoms. The Bertz CT molecular complexity index is 564. The summed E-state index contributed by atoms with van der Waals surface area (Å²) in [5.41, 5.74) is 0.0618. The number of nitrogens with zero attached hydrogens (tertiary/aromatic N) is 2. The Morgan fingerprint density at radius 2 is 2.16 bits per heavy atom. The summed E-state index contributed by atoms with van der Waals surface area (Å²) in [5.74, 6) is -1.66. The number of likely N-dealkylation sites (tertiary alicyclic amines) is 1. The van der Waals surface area contributed by atoms with Crippen molar-refractivity contribution in [1.82, 2.24) is 9.47 Å². The molecule has 1 fully saturated rings. The van der Waals surface area contributed by atoms with E-state index in [2.05, 4.69) is 0 Å². The number of hydrogen-bond donors (Lipinski definition) is 1. The summed E-state index contributed by atoms with van der Waals surface area (Å²) in [7, 11) is 1.61. The van der Waals surface area contributed by atoms with Gasteiger partial charge in [0.15, 0.2) is 0 Å². The normalized spacial score (nSPS) is 19.2. The molecule has 1 aromatic heterocycles. The smallest absolute Gasteiger partial charge is 0.308 e. The Labute approximate surface area is 110 Å². The van der Waals surface area contributed by atoms with Crippen LogP contribution in [0.15, 0.2) is 23.1 Å². The maximum atomic E-state index is 12.2. The van der Waals surface area contributed by atoms with Crippen LogP contribution in [0.3, 0.4) is 0 Å². The van der Waals surface area contributed by atoms with Gasteiger partial charge in [-0.1, -0.05) is 0 Å². The van der Waals surface area contributed by atoms with Crippen LogP contribution in [0.1, 0.15) is 23.2 Å². The summed E-state index contributed by atoms with van der Waals surface area (Å²) >= 11 is 0. The second-order valence-electron chi connectivity index (χ2n) is 4.79. The number of amides is 1. The number of rotatable bonds is 2. The molecular formula is C13H16N2O4. The molecule has 6 heteroatoms. The molecule has 1 aliphatic heterocycles. The maximum Gasteiger partial charge on any atom is 0.308 e. The molecule has 102 valence electrons. The number of aliphatic carboxylic acids is 1. The molecule has 0 bridgehead atoms. The molecule has 2 rings (SSSR count). The average molecular weight is 264 g/mol. The van der Waals surface area contributed by atoms with Gasteiger partial charge in [-0.05, 0) is 18.9 Å². The summed E-state index contributed by atoms with van der Waals surface area (Å²) in [4.78, 5) is 36.2. The zero-order chi connectivity index (χ0) is 14.0. The minimum atomic E-state index is -0.874. The molecular weight excluding hydrogens is 248 g/mol. The Kier molecular flexibility index (Phi) is 3.69. The van der Waals surface area contributed by atoms with Gasteiger partial charge in [0.1, 0.15) is 0 Å². The van der Waals surface area contributed by atoms with E-state index in [0.717, 1.165) is 0 Å². The van der Waals surface area contributed by atoms with Gasteiger partial charge in [0.05, 0.1) is 5.92 Å². The first-order valence-electron chi connectivity index (χ1n) is 6.18. The van der Waals surface area contributed by atoms with Crippen LogP contribution in [0, 0.1) is 5.92 Å². The van der Waals surface area contributed by atoms with Crippen molar-refractivity contribution in [2.45, 2.75) is 12.8 Å². The minimum absolute atomic E-state index is 0.212. The van der Waals surface area contributed by atoms with Crippen molar-refractivity contribution < 1.29 is 14.7 Å². The molecule has 0 aromatic carbocycles. The Morgan fingerprint density at radius 1 is 1.42 bits per heavy atom. The molecule has 1 amide bonds. The van der Waals surface area contributed by atoms with E-state index in [9.17, 15) is 14.4 Å². The fraction of sp³-hybridized carbons (Fsp3) is 0.462. The van der Waals surface area contributed by atoms with Crippen molar-refractivity contribution in [3.8, 4) is 0 Å². The van der Waals surface area contributed by atoms with Gasteiger partial charge in [0.25, 0.3) is 11.5 Å². The fourth-order valence-corrected chi connectivity index (χ4v) is 2.23. The third-order valence-electron chi connectivity index (χ3n) is 3.41. The number of aryl methyl sites for hydroxylation is 1. The van der Waals surface area contributed by atoms with Crippen LogP contribution in [-0.4, -0.2) is 39.5 Å². The van der Waals surface area contributed by atoms with Crippen LogP contribution in [0.5, 0.6) is 0 Å². The molecule has 6 nitrogen and oxygen atoms in total. The minimum Gasteiger partial charge on any atom is -0.481 e. The van der Waals surface area contributed by atoms with Gasteiger partial charge in [0, 0.05) is 38.0 Å². The van der Waals surface area contributed by atoms with Crippen LogP contribution in [-0.2, 0) is 11.8 Å². The molecule has 1 aliphatic rings. The average Bonchev–Trinajstić information content (AvgIpc) is 2.41. The molecule has 1 atom stereocenters. The van der Waals surface area contributed by atoms with Crippen LogP contribution in [0.2, 0.25) is 0 Å². The third-order valence-corrected chi connectivity index (χ3v) is 3.41. The summed E-state index contributed by atoms with van der Waals surface area (Å²) in [6.07, 6.45) is 2.80. The summed E-state index contributed by atoms with van der Waals surface area (Å²) in [6.45, 7) is 0.751. The van der Waals surface area contributed by atoms with E-state index < -0.39 is 11.9 Å². The van der Waals surface area contributed by atoms with Crippen molar-refractivity contribution in [3.05, 3.63) is 34.2 Å².